The SMILES string of the molecule is CCCNCCC(C)(O)C1NCCc2ccccc21. The van der Waals surface area contributed by atoms with E-state index in [9.17, 15) is 5.11 Å². The maximum Gasteiger partial charge on any atom is 0.0825 e. The van der Waals surface area contributed by atoms with Gasteiger partial charge in [-0.05, 0) is 56.9 Å². The van der Waals surface area contributed by atoms with Gasteiger partial charge in [0.15, 0.2) is 0 Å². The highest BCUT2D eigenvalue weighted by molar-refractivity contribution is 5.34. The molecule has 0 saturated carbocycles. The minimum atomic E-state index is -0.711. The molecular weight excluding hydrogens is 236 g/mol. The van der Waals surface area contributed by atoms with Gasteiger partial charge in [0.25, 0.3) is 0 Å². The molecule has 0 aromatic heterocycles. The summed E-state index contributed by atoms with van der Waals surface area (Å²) in [6.45, 7) is 6.93. The van der Waals surface area contributed by atoms with Gasteiger partial charge in [0.05, 0.1) is 11.6 Å². The number of hydrogen-bond donors (Lipinski definition) is 3. The van der Waals surface area contributed by atoms with E-state index in [1.165, 1.54) is 11.1 Å². The molecule has 3 N–H and O–H groups in total. The van der Waals surface area contributed by atoms with Crippen LogP contribution < -0.4 is 10.6 Å². The van der Waals surface area contributed by atoms with Crippen molar-refractivity contribution in [1.29, 1.82) is 0 Å². The van der Waals surface area contributed by atoms with Gasteiger partial charge < -0.3 is 15.7 Å². The molecule has 2 rings (SSSR count). The first kappa shape index (κ1) is 14.5. The van der Waals surface area contributed by atoms with E-state index in [2.05, 4.69) is 41.8 Å². The third-order valence-electron chi connectivity index (χ3n) is 3.97. The summed E-state index contributed by atoms with van der Waals surface area (Å²) >= 11 is 0. The van der Waals surface area contributed by atoms with Gasteiger partial charge in [-0.15, -0.1) is 0 Å². The molecule has 19 heavy (non-hydrogen) atoms. The molecule has 3 heteroatoms. The molecule has 1 aliphatic heterocycles. The van der Waals surface area contributed by atoms with Crippen LogP contribution in [-0.2, 0) is 6.42 Å². The smallest absolute Gasteiger partial charge is 0.0825 e. The van der Waals surface area contributed by atoms with Crippen LogP contribution in [0.2, 0.25) is 0 Å². The van der Waals surface area contributed by atoms with Gasteiger partial charge in [0.2, 0.25) is 0 Å². The second-order valence-corrected chi connectivity index (χ2v) is 5.69. The summed E-state index contributed by atoms with van der Waals surface area (Å²) in [5, 5.41) is 17.6. The maximum atomic E-state index is 10.8. The van der Waals surface area contributed by atoms with Gasteiger partial charge in [-0.3, -0.25) is 0 Å². The van der Waals surface area contributed by atoms with Gasteiger partial charge in [0.1, 0.15) is 0 Å². The van der Waals surface area contributed by atoms with Crippen molar-refractivity contribution in [3.63, 3.8) is 0 Å². The third-order valence-corrected chi connectivity index (χ3v) is 3.97. The summed E-state index contributed by atoms with van der Waals surface area (Å²) in [5.41, 5.74) is 1.92. The van der Waals surface area contributed by atoms with E-state index in [0.717, 1.165) is 38.9 Å². The highest BCUT2D eigenvalue weighted by atomic mass is 16.3. The predicted octanol–water partition coefficient (Wildman–Crippen LogP) is 2.01. The van der Waals surface area contributed by atoms with E-state index in [4.69, 9.17) is 0 Å². The Morgan fingerprint density at radius 2 is 2.16 bits per heavy atom. The highest BCUT2D eigenvalue weighted by Gasteiger charge is 2.35. The van der Waals surface area contributed by atoms with Crippen LogP contribution in [0.25, 0.3) is 0 Å². The number of hydrogen-bond acceptors (Lipinski definition) is 3. The van der Waals surface area contributed by atoms with Crippen LogP contribution in [0.1, 0.15) is 43.9 Å². The molecule has 0 aliphatic carbocycles. The Balaban J connectivity index is 2.04. The lowest BCUT2D eigenvalue weighted by atomic mass is 9.82. The minimum absolute atomic E-state index is 0.0425. The lowest BCUT2D eigenvalue weighted by Gasteiger charge is -2.38. The van der Waals surface area contributed by atoms with Crippen LogP contribution in [-0.4, -0.2) is 30.3 Å². The monoisotopic (exact) mass is 262 g/mol. The van der Waals surface area contributed by atoms with Crippen molar-refractivity contribution in [2.24, 2.45) is 0 Å². The van der Waals surface area contributed by atoms with Gasteiger partial charge in [-0.1, -0.05) is 31.2 Å². The van der Waals surface area contributed by atoms with E-state index in [1.54, 1.807) is 0 Å². The predicted molar refractivity (Wildman–Crippen MR) is 79.3 cm³/mol. The Hall–Kier alpha value is -0.900. The molecule has 0 radical (unpaired) electrons. The molecule has 1 aliphatic rings. The molecule has 0 fully saturated rings. The largest absolute Gasteiger partial charge is 0.388 e. The molecule has 0 amide bonds. The number of benzene rings is 1. The fraction of sp³-hybridized carbons (Fsp3) is 0.625. The molecule has 1 heterocycles. The zero-order chi connectivity index (χ0) is 13.7. The quantitative estimate of drug-likeness (QED) is 0.687. The maximum absolute atomic E-state index is 10.8. The molecular formula is C16H26N2O. The van der Waals surface area contributed by atoms with Crippen LogP contribution in [0.5, 0.6) is 0 Å². The summed E-state index contributed by atoms with van der Waals surface area (Å²) in [5.74, 6) is 0. The Morgan fingerprint density at radius 3 is 2.95 bits per heavy atom. The molecule has 3 nitrogen and oxygen atoms in total. The molecule has 0 spiro atoms. The molecule has 1 aromatic carbocycles. The fourth-order valence-corrected chi connectivity index (χ4v) is 2.85. The van der Waals surface area contributed by atoms with Crippen LogP contribution in [0.15, 0.2) is 24.3 Å². The Kier molecular flexibility index (Phi) is 4.97. The topological polar surface area (TPSA) is 44.3 Å². The lowest BCUT2D eigenvalue weighted by Crippen LogP contribution is -2.46. The van der Waals surface area contributed by atoms with E-state index in [-0.39, 0.29) is 6.04 Å². The van der Waals surface area contributed by atoms with Crippen molar-refractivity contribution in [1.82, 2.24) is 10.6 Å². The summed E-state index contributed by atoms with van der Waals surface area (Å²) < 4.78 is 0. The van der Waals surface area contributed by atoms with Gasteiger partial charge in [0, 0.05) is 0 Å². The van der Waals surface area contributed by atoms with Gasteiger partial charge in [-0.2, -0.15) is 0 Å². The summed E-state index contributed by atoms with van der Waals surface area (Å²) in [7, 11) is 0. The van der Waals surface area contributed by atoms with Gasteiger partial charge in [-0.25, -0.2) is 0 Å². The fourth-order valence-electron chi connectivity index (χ4n) is 2.85. The van der Waals surface area contributed by atoms with Gasteiger partial charge >= 0.3 is 0 Å². The van der Waals surface area contributed by atoms with Crippen LogP contribution >= 0.6 is 0 Å². The summed E-state index contributed by atoms with van der Waals surface area (Å²) in [6, 6.07) is 8.50. The molecule has 106 valence electrons. The Labute approximate surface area is 116 Å². The second-order valence-electron chi connectivity index (χ2n) is 5.69. The zero-order valence-corrected chi connectivity index (χ0v) is 12.1. The summed E-state index contributed by atoms with van der Waals surface area (Å²) in [6.07, 6.45) is 2.95. The Morgan fingerprint density at radius 1 is 1.37 bits per heavy atom. The van der Waals surface area contributed by atoms with Crippen molar-refractivity contribution in [3.05, 3.63) is 35.4 Å². The number of aliphatic hydroxyl groups is 1. The molecule has 2 atom stereocenters. The second kappa shape index (κ2) is 6.51. The van der Waals surface area contributed by atoms with Crippen LogP contribution in [0.4, 0.5) is 0 Å². The lowest BCUT2D eigenvalue weighted by molar-refractivity contribution is 0.00861. The van der Waals surface area contributed by atoms with Crippen molar-refractivity contribution < 1.29 is 5.11 Å². The third kappa shape index (κ3) is 3.56. The molecule has 0 saturated heterocycles. The first-order valence-electron chi connectivity index (χ1n) is 7.39. The van der Waals surface area contributed by atoms with Crippen LogP contribution in [0.3, 0.4) is 0 Å². The minimum Gasteiger partial charge on any atom is -0.388 e. The molecule has 2 unspecified atom stereocenters. The average molecular weight is 262 g/mol. The van der Waals surface area contributed by atoms with E-state index in [0.29, 0.717) is 0 Å². The summed E-state index contributed by atoms with van der Waals surface area (Å²) in [4.78, 5) is 0. The number of nitrogens with one attached hydrogen (secondary N) is 2. The Bertz CT molecular complexity index is 403. The van der Waals surface area contributed by atoms with Crippen molar-refractivity contribution in [2.45, 2.75) is 44.8 Å². The van der Waals surface area contributed by atoms with Crippen molar-refractivity contribution in [2.75, 3.05) is 19.6 Å². The molecule has 0 bridgehead atoms. The normalized spacial score (nSPS) is 21.7. The number of rotatable bonds is 6. The van der Waals surface area contributed by atoms with E-state index < -0.39 is 5.60 Å². The highest BCUT2D eigenvalue weighted by Crippen LogP contribution is 2.33. The van der Waals surface area contributed by atoms with Crippen LogP contribution in [0, 0.1) is 0 Å². The first-order valence-corrected chi connectivity index (χ1v) is 7.39. The van der Waals surface area contributed by atoms with E-state index >= 15 is 0 Å². The number of fused-ring (bicyclic) bond motifs is 1. The van der Waals surface area contributed by atoms with Crippen molar-refractivity contribution >= 4 is 0 Å². The standard InChI is InChI=1S/C16H26N2O/c1-3-10-17-12-9-16(2,19)15-14-7-5-4-6-13(14)8-11-18-15/h4-7,15,17-19H,3,8-12H2,1-2H3. The zero-order valence-electron chi connectivity index (χ0n) is 12.1. The van der Waals surface area contributed by atoms with E-state index in [1.807, 2.05) is 6.92 Å². The first-order chi connectivity index (χ1) is 9.15. The molecule has 1 aromatic rings. The van der Waals surface area contributed by atoms with Crippen molar-refractivity contribution in [3.8, 4) is 0 Å². The average Bonchev–Trinajstić information content (AvgIpc) is 2.43.